The molecule has 0 bridgehead atoms. The van der Waals surface area contributed by atoms with Crippen molar-refractivity contribution in [2.24, 2.45) is 0 Å². The zero-order valence-electron chi connectivity index (χ0n) is 19.3. The number of allylic oxidation sites excluding steroid dienone is 1. The zero-order valence-corrected chi connectivity index (χ0v) is 19.3. The number of amides is 1. The number of rotatable bonds is 7. The number of H-pyrrole nitrogens is 1. The molecular weight excluding hydrogens is 428 g/mol. The number of carboxylic acid groups (broad SMARTS) is 1. The summed E-state index contributed by atoms with van der Waals surface area (Å²) < 4.78 is 5.66. The summed E-state index contributed by atoms with van der Waals surface area (Å²) in [5, 5.41) is 11.6. The number of aromatic nitrogens is 1. The van der Waals surface area contributed by atoms with Crippen LogP contribution in [0, 0.1) is 0 Å². The molecule has 0 spiro atoms. The minimum Gasteiger partial charge on any atom is -0.480 e. The van der Waals surface area contributed by atoms with Gasteiger partial charge >= 0.3 is 12.1 Å². The molecule has 2 aromatic carbocycles. The van der Waals surface area contributed by atoms with Crippen LogP contribution in [0.2, 0.25) is 0 Å². The van der Waals surface area contributed by atoms with Crippen molar-refractivity contribution < 1.29 is 19.4 Å². The van der Waals surface area contributed by atoms with E-state index in [4.69, 9.17) is 4.74 Å². The number of hydrogen-bond acceptors (Lipinski definition) is 3. The molecule has 2 N–H and O–H groups in total. The minimum absolute atomic E-state index is 0.0888. The molecule has 1 atom stereocenters. The smallest absolute Gasteiger partial charge is 0.410 e. The number of ether oxygens (including phenoxy) is 1. The average Bonchev–Trinajstić information content (AvgIpc) is 3.38. The number of nitrogens with zero attached hydrogens (tertiary/aromatic N) is 1. The van der Waals surface area contributed by atoms with Crippen LogP contribution in [0.3, 0.4) is 0 Å². The molecule has 3 aromatic rings. The molecule has 0 fully saturated rings. The van der Waals surface area contributed by atoms with Crippen LogP contribution in [0.15, 0.2) is 67.4 Å². The summed E-state index contributed by atoms with van der Waals surface area (Å²) in [6, 6.07) is 15.1. The lowest BCUT2D eigenvalue weighted by atomic mass is 9.98. The van der Waals surface area contributed by atoms with Crippen molar-refractivity contribution in [3.63, 3.8) is 0 Å². The van der Waals surface area contributed by atoms with Crippen LogP contribution in [-0.2, 0) is 16.0 Å². The molecule has 0 saturated heterocycles. The number of carbonyl (C=O) groups excluding carboxylic acids is 1. The Kier molecular flexibility index (Phi) is 6.68. The second-order valence-electron chi connectivity index (χ2n) is 8.31. The van der Waals surface area contributed by atoms with Crippen LogP contribution < -0.4 is 10.6 Å². The number of carbonyl (C=O) groups is 2. The average molecular weight is 457 g/mol. The predicted molar refractivity (Wildman–Crippen MR) is 133 cm³/mol. The Bertz CT molecular complexity index is 1310. The molecule has 1 amide bonds. The Hall–Kier alpha value is -4.06. The highest BCUT2D eigenvalue weighted by molar-refractivity contribution is 5.81. The summed E-state index contributed by atoms with van der Waals surface area (Å²) in [6.45, 7) is 5.77. The molecule has 1 unspecified atom stereocenters. The highest BCUT2D eigenvalue weighted by Gasteiger charge is 2.32. The van der Waals surface area contributed by atoms with Gasteiger partial charge in [0.2, 0.25) is 0 Å². The lowest BCUT2D eigenvalue weighted by molar-refractivity contribution is -0.142. The number of likely N-dealkylation sites (N-methyl/N-ethyl adjacent to an activating group) is 1. The molecule has 174 valence electrons. The molecule has 0 aliphatic heterocycles. The highest BCUT2D eigenvalue weighted by Crippen LogP contribution is 2.44. The van der Waals surface area contributed by atoms with Crippen molar-refractivity contribution in [1.29, 1.82) is 0 Å². The van der Waals surface area contributed by atoms with Gasteiger partial charge in [0.25, 0.3) is 0 Å². The summed E-state index contributed by atoms with van der Waals surface area (Å²) >= 11 is 0. The van der Waals surface area contributed by atoms with Gasteiger partial charge in [0.05, 0.1) is 0 Å². The largest absolute Gasteiger partial charge is 0.480 e. The third-order valence-corrected chi connectivity index (χ3v) is 6.40. The summed E-state index contributed by atoms with van der Waals surface area (Å²) in [7, 11) is 1.47. The lowest BCUT2D eigenvalue weighted by Gasteiger charge is -2.25. The molecular formula is C28H28N2O4. The summed E-state index contributed by atoms with van der Waals surface area (Å²) in [6.07, 6.45) is 6.63. The standard InChI is InChI=1S/C28H28N2O4/c1-4-10-19-18(16-29-25(19)5-2)15-26(27(31)32)30(3)28(33)34-17-24-22-13-8-6-11-20(22)21-12-7-9-14-23(21)24/h4-14,16,24,26,29H,1,15,17H2,2-3H3,(H,31,32)/b19-10-,25-5+. The monoisotopic (exact) mass is 456 g/mol. The van der Waals surface area contributed by atoms with Gasteiger partial charge < -0.3 is 14.8 Å². The van der Waals surface area contributed by atoms with Gasteiger partial charge in [-0.15, -0.1) is 0 Å². The third kappa shape index (κ3) is 4.27. The first kappa shape index (κ1) is 23.1. The SMILES string of the molecule is C=C/C=c1/c(CC(C(=O)O)N(C)C(=O)OCC2c3ccccc3-c3ccccc32)c[nH]/c1=C/C. The van der Waals surface area contributed by atoms with E-state index >= 15 is 0 Å². The van der Waals surface area contributed by atoms with Gasteiger partial charge in [-0.3, -0.25) is 4.90 Å². The van der Waals surface area contributed by atoms with Crippen LogP contribution in [0.5, 0.6) is 0 Å². The van der Waals surface area contributed by atoms with Crippen LogP contribution in [-0.4, -0.2) is 46.7 Å². The van der Waals surface area contributed by atoms with E-state index in [0.29, 0.717) is 0 Å². The van der Waals surface area contributed by atoms with Gasteiger partial charge in [-0.25, -0.2) is 9.59 Å². The van der Waals surface area contributed by atoms with E-state index in [2.05, 4.69) is 23.7 Å². The van der Waals surface area contributed by atoms with Gasteiger partial charge in [0.15, 0.2) is 0 Å². The Balaban J connectivity index is 1.52. The fraction of sp³-hybridized carbons (Fsp3) is 0.214. The van der Waals surface area contributed by atoms with Gasteiger partial charge in [0.1, 0.15) is 12.6 Å². The van der Waals surface area contributed by atoms with Crippen molar-refractivity contribution in [1.82, 2.24) is 9.88 Å². The normalized spacial score (nSPS) is 14.4. The molecule has 1 aromatic heterocycles. The first-order chi connectivity index (χ1) is 16.5. The first-order valence-corrected chi connectivity index (χ1v) is 11.2. The van der Waals surface area contributed by atoms with Crippen LogP contribution in [0.4, 0.5) is 4.79 Å². The van der Waals surface area contributed by atoms with Crippen molar-refractivity contribution >= 4 is 24.2 Å². The number of carboxylic acids is 1. The van der Waals surface area contributed by atoms with Crippen molar-refractivity contribution in [2.75, 3.05) is 13.7 Å². The molecule has 0 saturated carbocycles. The topological polar surface area (TPSA) is 82.6 Å². The Morgan fingerprint density at radius 1 is 1.15 bits per heavy atom. The minimum atomic E-state index is -1.09. The summed E-state index contributed by atoms with van der Waals surface area (Å²) in [5.74, 6) is -1.18. The molecule has 6 heteroatoms. The summed E-state index contributed by atoms with van der Waals surface area (Å²) in [5.41, 5.74) is 5.28. The summed E-state index contributed by atoms with van der Waals surface area (Å²) in [4.78, 5) is 29.3. The number of hydrogen-bond donors (Lipinski definition) is 2. The van der Waals surface area contributed by atoms with E-state index in [1.165, 1.54) is 7.05 Å². The van der Waals surface area contributed by atoms with E-state index in [1.54, 1.807) is 12.3 Å². The molecule has 1 aliphatic carbocycles. The fourth-order valence-electron chi connectivity index (χ4n) is 4.64. The van der Waals surface area contributed by atoms with E-state index < -0.39 is 18.1 Å². The number of aromatic amines is 1. The van der Waals surface area contributed by atoms with Crippen molar-refractivity contribution in [3.05, 3.63) is 94.6 Å². The quantitative estimate of drug-likeness (QED) is 0.569. The van der Waals surface area contributed by atoms with Gasteiger partial charge in [-0.05, 0) is 34.7 Å². The maximum absolute atomic E-state index is 12.9. The number of nitrogens with one attached hydrogen (secondary N) is 1. The van der Waals surface area contributed by atoms with E-state index in [-0.39, 0.29) is 18.9 Å². The Morgan fingerprint density at radius 3 is 2.32 bits per heavy atom. The van der Waals surface area contributed by atoms with Crippen LogP contribution in [0.1, 0.15) is 29.5 Å². The highest BCUT2D eigenvalue weighted by atomic mass is 16.6. The van der Waals surface area contributed by atoms with E-state index in [1.807, 2.05) is 55.5 Å². The molecule has 4 rings (SSSR count). The Morgan fingerprint density at radius 2 is 1.76 bits per heavy atom. The molecule has 1 aliphatic rings. The van der Waals surface area contributed by atoms with Gasteiger partial charge in [-0.2, -0.15) is 0 Å². The molecule has 1 heterocycles. The van der Waals surface area contributed by atoms with Gasteiger partial charge in [0, 0.05) is 36.2 Å². The van der Waals surface area contributed by atoms with Crippen LogP contribution >= 0.6 is 0 Å². The predicted octanol–water partition coefficient (Wildman–Crippen LogP) is 3.66. The number of fused-ring (bicyclic) bond motifs is 3. The molecule has 0 radical (unpaired) electrons. The van der Waals surface area contributed by atoms with Crippen molar-refractivity contribution in [3.8, 4) is 11.1 Å². The van der Waals surface area contributed by atoms with Gasteiger partial charge in [-0.1, -0.05) is 73.3 Å². The second kappa shape index (κ2) is 9.83. The van der Waals surface area contributed by atoms with E-state index in [0.717, 1.165) is 43.3 Å². The molecule has 34 heavy (non-hydrogen) atoms. The number of aliphatic carboxylic acids is 1. The first-order valence-electron chi connectivity index (χ1n) is 11.2. The lowest BCUT2D eigenvalue weighted by Crippen LogP contribution is -2.45. The maximum atomic E-state index is 12.9. The molecule has 6 nitrogen and oxygen atoms in total. The second-order valence-corrected chi connectivity index (χ2v) is 8.31. The maximum Gasteiger partial charge on any atom is 0.410 e. The van der Waals surface area contributed by atoms with Crippen LogP contribution in [0.25, 0.3) is 23.3 Å². The third-order valence-electron chi connectivity index (χ3n) is 6.40. The van der Waals surface area contributed by atoms with E-state index in [9.17, 15) is 14.7 Å². The fourth-order valence-corrected chi connectivity index (χ4v) is 4.64. The Labute approximate surface area is 198 Å². The zero-order chi connectivity index (χ0) is 24.2. The van der Waals surface area contributed by atoms with Crippen molar-refractivity contribution in [2.45, 2.75) is 25.3 Å². The number of benzene rings is 2.